The summed E-state index contributed by atoms with van der Waals surface area (Å²) in [7, 11) is 1.62. The fraction of sp³-hybridized carbons (Fsp3) is 0.643. The van der Waals surface area contributed by atoms with Gasteiger partial charge in [0.1, 0.15) is 0 Å². The molecule has 0 aromatic carbocycles. The minimum absolute atomic E-state index is 0.279. The van der Waals surface area contributed by atoms with E-state index in [1.807, 2.05) is 6.07 Å². The Labute approximate surface area is 114 Å². The molecule has 1 aromatic heterocycles. The van der Waals surface area contributed by atoms with Crippen molar-refractivity contribution in [3.63, 3.8) is 0 Å². The molecule has 2 N–H and O–H groups in total. The number of pyridine rings is 1. The second-order valence-electron chi connectivity index (χ2n) is 4.85. The first-order valence-electron chi connectivity index (χ1n) is 6.91. The second-order valence-corrected chi connectivity index (χ2v) is 4.85. The van der Waals surface area contributed by atoms with Crippen molar-refractivity contribution in [3.8, 4) is 5.88 Å². The summed E-state index contributed by atoms with van der Waals surface area (Å²) in [5, 5.41) is 0. The molecule has 2 rings (SSSR count). The maximum Gasteiger partial charge on any atom is 0.215 e. The van der Waals surface area contributed by atoms with Crippen molar-refractivity contribution in [2.24, 2.45) is 0 Å². The average Bonchev–Trinajstić information content (AvgIpc) is 2.46. The van der Waals surface area contributed by atoms with Gasteiger partial charge in [0, 0.05) is 25.8 Å². The maximum atomic E-state index is 6.02. The van der Waals surface area contributed by atoms with Gasteiger partial charge in [0.2, 0.25) is 5.88 Å². The number of nitrogens with two attached hydrogens (primary N) is 1. The number of ether oxygens (including phenoxy) is 2. The van der Waals surface area contributed by atoms with E-state index in [-0.39, 0.29) is 6.10 Å². The van der Waals surface area contributed by atoms with Crippen LogP contribution in [-0.4, -0.2) is 37.9 Å². The predicted octanol–water partition coefficient (Wildman–Crippen LogP) is 2.07. The lowest BCUT2D eigenvalue weighted by Gasteiger charge is -2.34. The molecule has 1 atom stereocenters. The lowest BCUT2D eigenvalue weighted by Crippen LogP contribution is -2.40. The van der Waals surface area contributed by atoms with Crippen LogP contribution < -0.4 is 15.4 Å². The third-order valence-electron chi connectivity index (χ3n) is 3.32. The quantitative estimate of drug-likeness (QED) is 0.883. The van der Waals surface area contributed by atoms with Gasteiger partial charge in [0.05, 0.1) is 18.9 Å². The highest BCUT2D eigenvalue weighted by Crippen LogP contribution is 2.27. The Kier molecular flexibility index (Phi) is 4.85. The van der Waals surface area contributed by atoms with Crippen LogP contribution in [0, 0.1) is 0 Å². The van der Waals surface area contributed by atoms with Gasteiger partial charge in [-0.1, -0.05) is 6.92 Å². The van der Waals surface area contributed by atoms with Gasteiger partial charge in [-0.05, 0) is 25.3 Å². The van der Waals surface area contributed by atoms with Gasteiger partial charge in [-0.3, -0.25) is 0 Å². The van der Waals surface area contributed by atoms with Crippen LogP contribution >= 0.6 is 0 Å². The van der Waals surface area contributed by atoms with Crippen LogP contribution in [0.25, 0.3) is 0 Å². The van der Waals surface area contributed by atoms with Gasteiger partial charge in [-0.25, -0.2) is 0 Å². The van der Waals surface area contributed by atoms with Crippen molar-refractivity contribution in [3.05, 3.63) is 12.1 Å². The zero-order valence-corrected chi connectivity index (χ0v) is 11.8. The standard InChI is InChI=1S/C14H23N3O2/c1-3-9-19-11-5-4-8-17(10-11)14-12(15)6-7-13(16-14)18-2/h6-7,11H,3-5,8-10,15H2,1-2H3. The van der Waals surface area contributed by atoms with E-state index in [0.29, 0.717) is 11.6 Å². The number of piperidine rings is 1. The molecule has 19 heavy (non-hydrogen) atoms. The molecule has 0 saturated carbocycles. The van der Waals surface area contributed by atoms with E-state index in [9.17, 15) is 0 Å². The minimum Gasteiger partial charge on any atom is -0.481 e. The van der Waals surface area contributed by atoms with Crippen molar-refractivity contribution >= 4 is 11.5 Å². The summed E-state index contributed by atoms with van der Waals surface area (Å²) < 4.78 is 11.0. The third-order valence-corrected chi connectivity index (χ3v) is 3.32. The molecule has 106 valence electrons. The molecule has 0 spiro atoms. The van der Waals surface area contributed by atoms with E-state index in [0.717, 1.165) is 44.8 Å². The van der Waals surface area contributed by atoms with Gasteiger partial charge in [0.25, 0.3) is 0 Å². The van der Waals surface area contributed by atoms with Crippen molar-refractivity contribution in [2.75, 3.05) is 37.4 Å². The molecule has 1 saturated heterocycles. The molecule has 5 nitrogen and oxygen atoms in total. The van der Waals surface area contributed by atoms with E-state index < -0.39 is 0 Å². The van der Waals surface area contributed by atoms with Crippen LogP contribution in [0.4, 0.5) is 11.5 Å². The molecule has 0 aliphatic carbocycles. The van der Waals surface area contributed by atoms with E-state index in [4.69, 9.17) is 15.2 Å². The average molecular weight is 265 g/mol. The Hall–Kier alpha value is -1.49. The number of rotatable bonds is 5. The molecule has 0 radical (unpaired) electrons. The highest BCUT2D eigenvalue weighted by atomic mass is 16.5. The fourth-order valence-corrected chi connectivity index (χ4v) is 2.36. The fourth-order valence-electron chi connectivity index (χ4n) is 2.36. The number of hydrogen-bond donors (Lipinski definition) is 1. The van der Waals surface area contributed by atoms with Crippen LogP contribution in [0.15, 0.2) is 12.1 Å². The molecular formula is C14H23N3O2. The third kappa shape index (κ3) is 3.50. The van der Waals surface area contributed by atoms with Crippen LogP contribution in [0.1, 0.15) is 26.2 Å². The summed E-state index contributed by atoms with van der Waals surface area (Å²) >= 11 is 0. The highest BCUT2D eigenvalue weighted by molar-refractivity contribution is 5.63. The molecule has 1 aromatic rings. The lowest BCUT2D eigenvalue weighted by molar-refractivity contribution is 0.0439. The molecule has 1 fully saturated rings. The van der Waals surface area contributed by atoms with Crippen LogP contribution in [0.2, 0.25) is 0 Å². The van der Waals surface area contributed by atoms with Gasteiger partial charge in [0.15, 0.2) is 5.82 Å². The van der Waals surface area contributed by atoms with E-state index in [2.05, 4.69) is 16.8 Å². The van der Waals surface area contributed by atoms with Crippen molar-refractivity contribution in [1.82, 2.24) is 4.98 Å². The SMILES string of the molecule is CCCOC1CCCN(c2nc(OC)ccc2N)C1. The molecule has 1 aliphatic heterocycles. The summed E-state index contributed by atoms with van der Waals surface area (Å²) in [6, 6.07) is 3.63. The van der Waals surface area contributed by atoms with Gasteiger partial charge < -0.3 is 20.1 Å². The lowest BCUT2D eigenvalue weighted by atomic mass is 10.1. The molecule has 1 aliphatic rings. The van der Waals surface area contributed by atoms with Crippen molar-refractivity contribution in [1.29, 1.82) is 0 Å². The zero-order chi connectivity index (χ0) is 13.7. The van der Waals surface area contributed by atoms with Gasteiger partial charge in [-0.15, -0.1) is 0 Å². The number of aromatic nitrogens is 1. The molecular weight excluding hydrogens is 242 g/mol. The summed E-state index contributed by atoms with van der Waals surface area (Å²) in [5.74, 6) is 1.41. The van der Waals surface area contributed by atoms with Gasteiger partial charge >= 0.3 is 0 Å². The van der Waals surface area contributed by atoms with E-state index in [1.54, 1.807) is 13.2 Å². The molecule has 5 heteroatoms. The first kappa shape index (κ1) is 13.9. The largest absolute Gasteiger partial charge is 0.481 e. The van der Waals surface area contributed by atoms with Crippen LogP contribution in [-0.2, 0) is 4.74 Å². The topological polar surface area (TPSA) is 60.6 Å². The Bertz CT molecular complexity index is 412. The number of hydrogen-bond acceptors (Lipinski definition) is 5. The van der Waals surface area contributed by atoms with Crippen LogP contribution in [0.5, 0.6) is 5.88 Å². The van der Waals surface area contributed by atoms with Crippen molar-refractivity contribution in [2.45, 2.75) is 32.3 Å². The number of nitrogen functional groups attached to an aromatic ring is 1. The molecule has 0 amide bonds. The number of nitrogens with zero attached hydrogens (tertiary/aromatic N) is 2. The Morgan fingerprint density at radius 2 is 2.32 bits per heavy atom. The Morgan fingerprint density at radius 1 is 1.47 bits per heavy atom. The summed E-state index contributed by atoms with van der Waals surface area (Å²) in [4.78, 5) is 6.65. The first-order valence-corrected chi connectivity index (χ1v) is 6.91. The highest BCUT2D eigenvalue weighted by Gasteiger charge is 2.23. The zero-order valence-electron chi connectivity index (χ0n) is 11.8. The predicted molar refractivity (Wildman–Crippen MR) is 76.7 cm³/mol. The minimum atomic E-state index is 0.279. The smallest absolute Gasteiger partial charge is 0.215 e. The molecule has 0 bridgehead atoms. The molecule has 2 heterocycles. The van der Waals surface area contributed by atoms with Gasteiger partial charge in [-0.2, -0.15) is 4.98 Å². The van der Waals surface area contributed by atoms with Crippen molar-refractivity contribution < 1.29 is 9.47 Å². The summed E-state index contributed by atoms with van der Waals surface area (Å²) in [6.07, 6.45) is 3.55. The Morgan fingerprint density at radius 3 is 3.05 bits per heavy atom. The summed E-state index contributed by atoms with van der Waals surface area (Å²) in [6.45, 7) is 4.77. The number of methoxy groups -OCH3 is 1. The monoisotopic (exact) mass is 265 g/mol. The molecule has 1 unspecified atom stereocenters. The second kappa shape index (κ2) is 6.61. The Balaban J connectivity index is 2.08. The summed E-state index contributed by atoms with van der Waals surface area (Å²) in [5.41, 5.74) is 6.71. The normalized spacial score (nSPS) is 19.5. The first-order chi connectivity index (χ1) is 9.24. The van der Waals surface area contributed by atoms with E-state index in [1.165, 1.54) is 0 Å². The maximum absolute atomic E-state index is 6.02. The van der Waals surface area contributed by atoms with E-state index >= 15 is 0 Å². The van der Waals surface area contributed by atoms with Crippen LogP contribution in [0.3, 0.4) is 0 Å². The number of anilines is 2.